The van der Waals surface area contributed by atoms with Crippen LogP contribution in [0.4, 0.5) is 0 Å². The Morgan fingerprint density at radius 2 is 0.517 bits per heavy atom. The fourth-order valence-electron chi connectivity index (χ4n) is 8.74. The van der Waals surface area contributed by atoms with Gasteiger partial charge in [0.1, 0.15) is 6.61 Å². The zero-order valence-corrected chi connectivity index (χ0v) is 41.0. The van der Waals surface area contributed by atoms with Crippen molar-refractivity contribution < 1.29 is 24.2 Å². The Morgan fingerprint density at radius 1 is 0.317 bits per heavy atom. The number of carbonyl (C=O) groups excluding carboxylic acids is 2. The van der Waals surface area contributed by atoms with E-state index in [1.165, 1.54) is 263 Å². The summed E-state index contributed by atoms with van der Waals surface area (Å²) in [5.41, 5.74) is 0. The molecule has 0 heterocycles. The van der Waals surface area contributed by atoms with Crippen LogP contribution in [0, 0.1) is 0 Å². The molecule has 358 valence electrons. The van der Waals surface area contributed by atoms with Crippen LogP contribution in [-0.4, -0.2) is 36.4 Å². The van der Waals surface area contributed by atoms with E-state index in [-0.39, 0.29) is 25.2 Å². The number of aliphatic hydroxyl groups is 1. The molecule has 0 spiro atoms. The van der Waals surface area contributed by atoms with Crippen molar-refractivity contribution in [3.05, 3.63) is 0 Å². The van der Waals surface area contributed by atoms with Crippen molar-refractivity contribution >= 4 is 11.9 Å². The summed E-state index contributed by atoms with van der Waals surface area (Å²) in [5.74, 6) is -0.564. The summed E-state index contributed by atoms with van der Waals surface area (Å²) in [6, 6.07) is 0. The summed E-state index contributed by atoms with van der Waals surface area (Å²) in [6.45, 7) is 4.21. The number of unbranched alkanes of at least 4 members (excludes halogenated alkanes) is 44. The Bertz CT molecular complexity index is 830. The van der Waals surface area contributed by atoms with Crippen molar-refractivity contribution in [3.8, 4) is 0 Å². The zero-order chi connectivity index (χ0) is 43.5. The number of hydrogen-bond donors (Lipinski definition) is 1. The van der Waals surface area contributed by atoms with E-state index in [0.29, 0.717) is 12.8 Å². The number of ether oxygens (including phenoxy) is 2. The van der Waals surface area contributed by atoms with Gasteiger partial charge in [-0.2, -0.15) is 0 Å². The number of aliphatic hydroxyl groups excluding tert-OH is 1. The first-order valence-corrected chi connectivity index (χ1v) is 27.6. The van der Waals surface area contributed by atoms with E-state index in [1.54, 1.807) is 0 Å². The average Bonchev–Trinajstić information content (AvgIpc) is 3.25. The largest absolute Gasteiger partial charge is 0.462 e. The smallest absolute Gasteiger partial charge is 0.306 e. The normalized spacial score (nSPS) is 12.0. The number of rotatable bonds is 52. The van der Waals surface area contributed by atoms with Crippen LogP contribution in [0.25, 0.3) is 0 Å². The van der Waals surface area contributed by atoms with Crippen molar-refractivity contribution in [3.63, 3.8) is 0 Å². The van der Waals surface area contributed by atoms with Gasteiger partial charge in [0.25, 0.3) is 0 Å². The molecule has 0 aliphatic heterocycles. The van der Waals surface area contributed by atoms with Crippen LogP contribution in [0.1, 0.15) is 322 Å². The van der Waals surface area contributed by atoms with E-state index in [0.717, 1.165) is 32.1 Å². The lowest BCUT2D eigenvalue weighted by Crippen LogP contribution is -2.28. The number of esters is 2. The lowest BCUT2D eigenvalue weighted by Gasteiger charge is -2.15. The molecule has 0 saturated carbocycles. The molecule has 0 aromatic heterocycles. The van der Waals surface area contributed by atoms with Crippen LogP contribution in [0.5, 0.6) is 0 Å². The highest BCUT2D eigenvalue weighted by Gasteiger charge is 2.16. The van der Waals surface area contributed by atoms with Crippen LogP contribution in [0.2, 0.25) is 0 Å². The van der Waals surface area contributed by atoms with Gasteiger partial charge < -0.3 is 14.6 Å². The minimum Gasteiger partial charge on any atom is -0.462 e. The molecule has 0 aliphatic rings. The van der Waals surface area contributed by atoms with Crippen LogP contribution < -0.4 is 0 Å². The van der Waals surface area contributed by atoms with Crippen molar-refractivity contribution in [2.75, 3.05) is 13.2 Å². The second kappa shape index (κ2) is 52.2. The van der Waals surface area contributed by atoms with Crippen molar-refractivity contribution in [1.82, 2.24) is 0 Å². The quantitative estimate of drug-likeness (QED) is 0.0488. The van der Waals surface area contributed by atoms with Gasteiger partial charge in [-0.05, 0) is 12.8 Å². The molecule has 0 bridgehead atoms. The fourth-order valence-corrected chi connectivity index (χ4v) is 8.74. The van der Waals surface area contributed by atoms with Gasteiger partial charge in [0, 0.05) is 12.8 Å². The molecule has 0 unspecified atom stereocenters. The molecule has 0 rings (SSSR count). The van der Waals surface area contributed by atoms with Gasteiger partial charge in [-0.3, -0.25) is 9.59 Å². The van der Waals surface area contributed by atoms with Gasteiger partial charge in [-0.1, -0.05) is 296 Å². The molecule has 0 amide bonds. The summed E-state index contributed by atoms with van der Waals surface area (Å²) >= 11 is 0. The molecular weight excluding hydrogens is 741 g/mol. The van der Waals surface area contributed by atoms with E-state index in [9.17, 15) is 14.7 Å². The van der Waals surface area contributed by atoms with Crippen LogP contribution in [0.3, 0.4) is 0 Å². The second-order valence-corrected chi connectivity index (χ2v) is 19.0. The number of hydrogen-bond acceptors (Lipinski definition) is 5. The molecule has 0 aromatic carbocycles. The summed E-state index contributed by atoms with van der Waals surface area (Å²) in [7, 11) is 0. The molecule has 1 atom stereocenters. The predicted molar refractivity (Wildman–Crippen MR) is 261 cm³/mol. The molecule has 60 heavy (non-hydrogen) atoms. The molecule has 0 saturated heterocycles. The van der Waals surface area contributed by atoms with E-state index >= 15 is 0 Å². The maximum Gasteiger partial charge on any atom is 0.306 e. The minimum atomic E-state index is -0.764. The van der Waals surface area contributed by atoms with Crippen LogP contribution >= 0.6 is 0 Å². The topological polar surface area (TPSA) is 72.8 Å². The Hall–Kier alpha value is -1.10. The van der Waals surface area contributed by atoms with Gasteiger partial charge in [-0.15, -0.1) is 0 Å². The maximum absolute atomic E-state index is 12.3. The first-order chi connectivity index (χ1) is 29.6. The van der Waals surface area contributed by atoms with Crippen molar-refractivity contribution in [2.24, 2.45) is 0 Å². The van der Waals surface area contributed by atoms with Gasteiger partial charge in [0.15, 0.2) is 6.10 Å². The van der Waals surface area contributed by atoms with E-state index in [2.05, 4.69) is 13.8 Å². The van der Waals surface area contributed by atoms with Crippen LogP contribution in [0.15, 0.2) is 0 Å². The molecule has 0 radical (unpaired) electrons. The first-order valence-electron chi connectivity index (χ1n) is 27.6. The van der Waals surface area contributed by atoms with Gasteiger partial charge >= 0.3 is 11.9 Å². The lowest BCUT2D eigenvalue weighted by molar-refractivity contribution is -0.161. The Kier molecular flexibility index (Phi) is 51.3. The van der Waals surface area contributed by atoms with Gasteiger partial charge in [0.2, 0.25) is 0 Å². The van der Waals surface area contributed by atoms with E-state index < -0.39 is 6.10 Å². The van der Waals surface area contributed by atoms with Crippen molar-refractivity contribution in [1.29, 1.82) is 0 Å². The summed E-state index contributed by atoms with van der Waals surface area (Å²) in [4.78, 5) is 24.5. The monoisotopic (exact) mass is 849 g/mol. The standard InChI is InChI=1S/C55H108O5/c1-3-5-7-9-11-13-15-17-19-21-23-25-27-29-31-33-35-37-39-41-43-45-47-49-54(57)59-52-53(51-56)60-55(58)50-48-46-44-42-40-38-36-34-32-30-28-26-24-22-20-18-16-14-12-10-8-6-4-2/h53,56H,3-52H2,1-2H3/t53-/m0/s1. The third kappa shape index (κ3) is 49.6. The molecule has 0 fully saturated rings. The van der Waals surface area contributed by atoms with Crippen LogP contribution in [-0.2, 0) is 19.1 Å². The molecule has 5 heteroatoms. The predicted octanol–water partition coefficient (Wildman–Crippen LogP) is 18.2. The van der Waals surface area contributed by atoms with Gasteiger partial charge in [-0.25, -0.2) is 0 Å². The summed E-state index contributed by atoms with van der Waals surface area (Å²) in [6.07, 6.45) is 62.2. The maximum atomic E-state index is 12.3. The SMILES string of the molecule is CCCCCCCCCCCCCCCCCCCCCCCCCC(=O)OC[C@H](CO)OC(=O)CCCCCCCCCCCCCCCCCCCCCCCCC. The Morgan fingerprint density at radius 3 is 0.733 bits per heavy atom. The lowest BCUT2D eigenvalue weighted by atomic mass is 10.0. The summed E-state index contributed by atoms with van der Waals surface area (Å²) < 4.78 is 10.7. The highest BCUT2D eigenvalue weighted by Crippen LogP contribution is 2.18. The minimum absolute atomic E-state index is 0.0557. The zero-order valence-electron chi connectivity index (χ0n) is 41.0. The molecule has 0 aliphatic carbocycles. The highest BCUT2D eigenvalue weighted by atomic mass is 16.6. The van der Waals surface area contributed by atoms with E-state index in [1.807, 2.05) is 0 Å². The third-order valence-corrected chi connectivity index (χ3v) is 12.9. The van der Waals surface area contributed by atoms with E-state index in [4.69, 9.17) is 9.47 Å². The number of carbonyl (C=O) groups is 2. The second-order valence-electron chi connectivity index (χ2n) is 19.0. The molecule has 5 nitrogen and oxygen atoms in total. The fraction of sp³-hybridized carbons (Fsp3) is 0.964. The Balaban J connectivity index is 3.40. The molecule has 0 aromatic rings. The third-order valence-electron chi connectivity index (χ3n) is 12.9. The first kappa shape index (κ1) is 58.9. The summed E-state index contributed by atoms with van der Waals surface area (Å²) in [5, 5.41) is 9.64. The molecule has 1 N–H and O–H groups in total. The Labute approximate surface area is 376 Å². The molecular formula is C55H108O5. The highest BCUT2D eigenvalue weighted by molar-refractivity contribution is 5.70. The van der Waals surface area contributed by atoms with Gasteiger partial charge in [0.05, 0.1) is 6.61 Å². The average molecular weight is 849 g/mol. The van der Waals surface area contributed by atoms with Crippen molar-refractivity contribution in [2.45, 2.75) is 328 Å².